The number of piperazine rings is 1. The van der Waals surface area contributed by atoms with Crippen LogP contribution in [0.1, 0.15) is 73.6 Å². The first-order valence-corrected chi connectivity index (χ1v) is 13.1. The topological polar surface area (TPSA) is 58.7 Å². The van der Waals surface area contributed by atoms with Crippen molar-refractivity contribution in [3.05, 3.63) is 47.5 Å². The molecule has 4 heterocycles. The van der Waals surface area contributed by atoms with E-state index < -0.39 is 6.43 Å². The summed E-state index contributed by atoms with van der Waals surface area (Å²) in [6, 6.07) is 4.10. The van der Waals surface area contributed by atoms with Crippen molar-refractivity contribution in [2.75, 3.05) is 38.1 Å². The van der Waals surface area contributed by atoms with Gasteiger partial charge in [-0.3, -0.25) is 9.48 Å². The second kappa shape index (κ2) is 10.3. The van der Waals surface area contributed by atoms with Crippen LogP contribution in [-0.4, -0.2) is 63.3 Å². The summed E-state index contributed by atoms with van der Waals surface area (Å²) in [6.45, 7) is 8.28. The van der Waals surface area contributed by atoms with Crippen molar-refractivity contribution >= 4 is 17.0 Å². The molecule has 36 heavy (non-hydrogen) atoms. The van der Waals surface area contributed by atoms with Crippen molar-refractivity contribution in [3.8, 4) is 0 Å². The second-order valence-electron chi connectivity index (χ2n) is 10.8. The molecule has 2 fully saturated rings. The Hall–Kier alpha value is -2.81. The van der Waals surface area contributed by atoms with Crippen molar-refractivity contribution in [1.29, 1.82) is 0 Å². The summed E-state index contributed by atoms with van der Waals surface area (Å²) in [6.07, 6.45) is 6.29. The van der Waals surface area contributed by atoms with Crippen LogP contribution in [0.25, 0.3) is 5.52 Å². The number of fused-ring (bicyclic) bond motifs is 1. The predicted molar refractivity (Wildman–Crippen MR) is 136 cm³/mol. The summed E-state index contributed by atoms with van der Waals surface area (Å²) in [4.78, 5) is 17.9. The van der Waals surface area contributed by atoms with Gasteiger partial charge in [-0.15, -0.1) is 0 Å². The molecule has 0 N–H and O–H groups in total. The number of pyridine rings is 1. The van der Waals surface area contributed by atoms with Crippen LogP contribution in [0, 0.1) is 11.8 Å². The number of carbonyl (C=O) groups excluding carboxylic acids is 1. The Morgan fingerprint density at radius 2 is 1.83 bits per heavy atom. The molecule has 3 aromatic heterocycles. The lowest BCUT2D eigenvalue weighted by molar-refractivity contribution is 0.0992. The first-order chi connectivity index (χ1) is 17.3. The Kier molecular flexibility index (Phi) is 7.10. The van der Waals surface area contributed by atoms with E-state index in [0.717, 1.165) is 57.5 Å². The number of hydrogen-bond donors (Lipinski definition) is 0. The van der Waals surface area contributed by atoms with Crippen LogP contribution in [-0.2, 0) is 6.42 Å². The molecule has 2 aliphatic rings. The lowest BCUT2D eigenvalue weighted by atomic mass is 9.80. The number of hydrogen-bond acceptors (Lipinski definition) is 5. The highest BCUT2D eigenvalue weighted by atomic mass is 19.3. The van der Waals surface area contributed by atoms with Crippen molar-refractivity contribution in [2.24, 2.45) is 11.8 Å². The van der Waals surface area contributed by atoms with E-state index in [1.165, 1.54) is 0 Å². The summed E-state index contributed by atoms with van der Waals surface area (Å²) in [7, 11) is 2.11. The molecule has 7 nitrogen and oxygen atoms in total. The van der Waals surface area contributed by atoms with Gasteiger partial charge < -0.3 is 9.80 Å². The number of likely N-dealkylation sites (N-methyl/N-ethyl adjacent to an activating group) is 1. The molecular weight excluding hydrogens is 462 g/mol. The summed E-state index contributed by atoms with van der Waals surface area (Å²) in [5.41, 5.74) is 2.24. The van der Waals surface area contributed by atoms with Crippen LogP contribution < -0.4 is 4.90 Å². The Balaban J connectivity index is 1.35. The third kappa shape index (κ3) is 5.03. The maximum absolute atomic E-state index is 13.9. The molecule has 0 atom stereocenters. The van der Waals surface area contributed by atoms with Crippen molar-refractivity contribution in [1.82, 2.24) is 24.3 Å². The van der Waals surface area contributed by atoms with Gasteiger partial charge in [0.1, 0.15) is 5.69 Å². The van der Waals surface area contributed by atoms with Gasteiger partial charge in [-0.2, -0.15) is 10.2 Å². The number of nitrogens with zero attached hydrogens (tertiary/aromatic N) is 6. The summed E-state index contributed by atoms with van der Waals surface area (Å²) < 4.78 is 31.2. The number of carbonyl (C=O) groups is 1. The van der Waals surface area contributed by atoms with Crippen molar-refractivity contribution < 1.29 is 13.6 Å². The molecule has 0 aromatic carbocycles. The fourth-order valence-electron chi connectivity index (χ4n) is 5.70. The van der Waals surface area contributed by atoms with Gasteiger partial charge in [-0.05, 0) is 56.7 Å². The molecule has 1 saturated heterocycles. The maximum Gasteiger partial charge on any atom is 0.282 e. The summed E-state index contributed by atoms with van der Waals surface area (Å²) >= 11 is 0. The van der Waals surface area contributed by atoms with Crippen LogP contribution in [0.15, 0.2) is 30.7 Å². The minimum Gasteiger partial charge on any atom is -0.369 e. The van der Waals surface area contributed by atoms with E-state index in [4.69, 9.17) is 0 Å². The predicted octanol–water partition coefficient (Wildman–Crippen LogP) is 5.03. The van der Waals surface area contributed by atoms with Crippen LogP contribution in [0.5, 0.6) is 0 Å². The lowest BCUT2D eigenvalue weighted by Crippen LogP contribution is -2.44. The SMILES string of the molecule is CC(C)C1CCC(n2cc(CC(=O)c3cnn4ccc(N5CCN(C)CC5)cc34)c(C(F)F)n2)CC1. The number of alkyl halides is 2. The maximum atomic E-state index is 13.9. The molecule has 194 valence electrons. The van der Waals surface area contributed by atoms with Crippen molar-refractivity contribution in [2.45, 2.75) is 58.4 Å². The fourth-order valence-corrected chi connectivity index (χ4v) is 5.70. The van der Waals surface area contributed by atoms with Gasteiger partial charge in [0.05, 0.1) is 23.3 Å². The van der Waals surface area contributed by atoms with E-state index in [9.17, 15) is 13.6 Å². The number of anilines is 1. The second-order valence-corrected chi connectivity index (χ2v) is 10.8. The molecule has 1 aliphatic heterocycles. The first-order valence-electron chi connectivity index (χ1n) is 13.1. The highest BCUT2D eigenvalue weighted by Gasteiger charge is 2.28. The molecule has 3 aromatic rings. The van der Waals surface area contributed by atoms with Gasteiger partial charge in [-0.1, -0.05) is 13.8 Å². The molecule has 0 radical (unpaired) electrons. The Labute approximate surface area is 211 Å². The quantitative estimate of drug-likeness (QED) is 0.428. The van der Waals surface area contributed by atoms with Crippen LogP contribution in [0.2, 0.25) is 0 Å². The van der Waals surface area contributed by atoms with E-state index in [2.05, 4.69) is 40.9 Å². The zero-order valence-corrected chi connectivity index (χ0v) is 21.4. The molecule has 9 heteroatoms. The van der Waals surface area contributed by atoms with E-state index in [1.807, 2.05) is 18.3 Å². The van der Waals surface area contributed by atoms with E-state index in [1.54, 1.807) is 21.6 Å². The third-order valence-corrected chi connectivity index (χ3v) is 8.13. The summed E-state index contributed by atoms with van der Waals surface area (Å²) in [5.74, 6) is 1.10. The fraction of sp³-hybridized carbons (Fsp3) is 0.593. The minimum atomic E-state index is -2.71. The van der Waals surface area contributed by atoms with Gasteiger partial charge in [0.15, 0.2) is 5.78 Å². The number of Topliss-reactive ketones (excluding diaryl/α,β-unsaturated/α-hetero) is 1. The molecule has 1 aliphatic carbocycles. The van der Waals surface area contributed by atoms with E-state index in [-0.39, 0.29) is 23.9 Å². The summed E-state index contributed by atoms with van der Waals surface area (Å²) in [5, 5.41) is 8.60. The van der Waals surface area contributed by atoms with E-state index >= 15 is 0 Å². The normalized spacial score (nSPS) is 21.7. The number of rotatable bonds is 7. The highest BCUT2D eigenvalue weighted by Crippen LogP contribution is 2.36. The first kappa shape index (κ1) is 24.9. The third-order valence-electron chi connectivity index (χ3n) is 8.13. The molecule has 0 unspecified atom stereocenters. The van der Waals surface area contributed by atoms with Gasteiger partial charge in [0.25, 0.3) is 6.43 Å². The molecule has 0 spiro atoms. The highest BCUT2D eigenvalue weighted by molar-refractivity contribution is 6.03. The van der Waals surface area contributed by atoms with Crippen LogP contribution >= 0.6 is 0 Å². The Bertz CT molecular complexity index is 1200. The van der Waals surface area contributed by atoms with Crippen LogP contribution in [0.4, 0.5) is 14.5 Å². The molecular formula is C27H36F2N6O. The average Bonchev–Trinajstić information content (AvgIpc) is 3.49. The Morgan fingerprint density at radius 1 is 1.11 bits per heavy atom. The lowest BCUT2D eigenvalue weighted by Gasteiger charge is -2.34. The van der Waals surface area contributed by atoms with Gasteiger partial charge in [0, 0.05) is 56.2 Å². The van der Waals surface area contributed by atoms with Gasteiger partial charge in [0.2, 0.25) is 0 Å². The number of aromatic nitrogens is 4. The van der Waals surface area contributed by atoms with Crippen molar-refractivity contribution in [3.63, 3.8) is 0 Å². The van der Waals surface area contributed by atoms with Gasteiger partial charge >= 0.3 is 0 Å². The molecule has 0 bridgehead atoms. The standard InChI is InChI=1S/C27H36F2N6O/c1-18(2)19-4-6-21(7-5-19)35-17-20(26(31-35)27(28)29)14-25(36)23-16-30-34-9-8-22(15-24(23)34)33-12-10-32(3)11-13-33/h8-9,15-19,21,27H,4-7,10-14H2,1-3H3. The van der Waals surface area contributed by atoms with E-state index in [0.29, 0.717) is 28.5 Å². The molecule has 1 saturated carbocycles. The molecule has 5 rings (SSSR count). The minimum absolute atomic E-state index is 0.110. The number of ketones is 1. The monoisotopic (exact) mass is 498 g/mol. The largest absolute Gasteiger partial charge is 0.369 e. The average molecular weight is 499 g/mol. The van der Waals surface area contributed by atoms with Crippen LogP contribution in [0.3, 0.4) is 0 Å². The zero-order valence-electron chi connectivity index (χ0n) is 21.4. The smallest absolute Gasteiger partial charge is 0.282 e. The number of halogens is 2. The zero-order chi connectivity index (χ0) is 25.4. The molecule has 0 amide bonds. The van der Waals surface area contributed by atoms with Gasteiger partial charge in [-0.25, -0.2) is 13.3 Å². The Morgan fingerprint density at radius 3 is 2.50 bits per heavy atom.